The first-order valence-corrected chi connectivity index (χ1v) is 6.78. The number of anilines is 3. The lowest BCUT2D eigenvalue weighted by molar-refractivity contribution is 0.898. The van der Waals surface area contributed by atoms with Gasteiger partial charge in [-0.2, -0.15) is 0 Å². The maximum Gasteiger partial charge on any atom is 0.171 e. The van der Waals surface area contributed by atoms with Crippen molar-refractivity contribution in [1.82, 2.24) is 9.97 Å². The van der Waals surface area contributed by atoms with Crippen LogP contribution in [0.5, 0.6) is 0 Å². The highest BCUT2D eigenvalue weighted by Crippen LogP contribution is 2.16. The Balaban J connectivity index is 1.74. The predicted octanol–water partition coefficient (Wildman–Crippen LogP) is 2.46. The van der Waals surface area contributed by atoms with E-state index in [0.29, 0.717) is 0 Å². The molecule has 0 aliphatic heterocycles. The molecule has 0 amide bonds. The van der Waals surface area contributed by atoms with Crippen molar-refractivity contribution in [2.45, 2.75) is 6.42 Å². The Morgan fingerprint density at radius 3 is 2.40 bits per heavy atom. The Morgan fingerprint density at radius 2 is 1.65 bits per heavy atom. The fourth-order valence-electron chi connectivity index (χ4n) is 1.87. The standard InChI is InChI=1S/C15H21N5/c1-20(2)15-14(18-11-12-19-15)17-10-6-9-16-13-7-4-3-5-8-13/h3-5,7-8,11-12,16H,6,9-10H2,1-2H3,(H,17,18). The van der Waals surface area contributed by atoms with E-state index in [1.807, 2.05) is 37.2 Å². The van der Waals surface area contributed by atoms with Gasteiger partial charge in [-0.25, -0.2) is 9.97 Å². The molecule has 0 bridgehead atoms. The van der Waals surface area contributed by atoms with Crippen LogP contribution in [0.3, 0.4) is 0 Å². The first-order valence-electron chi connectivity index (χ1n) is 6.78. The molecule has 2 aromatic rings. The second-order valence-corrected chi connectivity index (χ2v) is 4.70. The van der Waals surface area contributed by atoms with Crippen LogP contribution in [0.15, 0.2) is 42.7 Å². The van der Waals surface area contributed by atoms with Gasteiger partial charge >= 0.3 is 0 Å². The normalized spacial score (nSPS) is 10.1. The van der Waals surface area contributed by atoms with Crippen molar-refractivity contribution >= 4 is 17.3 Å². The Bertz CT molecular complexity index is 513. The zero-order valence-electron chi connectivity index (χ0n) is 12.0. The third kappa shape index (κ3) is 4.12. The fourth-order valence-corrected chi connectivity index (χ4v) is 1.87. The van der Waals surface area contributed by atoms with Gasteiger partial charge in [0.2, 0.25) is 0 Å². The molecule has 1 aromatic heterocycles. The summed E-state index contributed by atoms with van der Waals surface area (Å²) >= 11 is 0. The maximum atomic E-state index is 4.32. The van der Waals surface area contributed by atoms with Gasteiger partial charge in [0.1, 0.15) is 0 Å². The molecule has 0 aliphatic rings. The van der Waals surface area contributed by atoms with Gasteiger partial charge in [-0.1, -0.05) is 18.2 Å². The molecule has 0 saturated carbocycles. The summed E-state index contributed by atoms with van der Waals surface area (Å²) in [6.07, 6.45) is 4.42. The van der Waals surface area contributed by atoms with Gasteiger partial charge in [0, 0.05) is 45.3 Å². The average molecular weight is 271 g/mol. The predicted molar refractivity (Wildman–Crippen MR) is 84.4 cm³/mol. The minimum absolute atomic E-state index is 0.831. The quantitative estimate of drug-likeness (QED) is 0.758. The summed E-state index contributed by atoms with van der Waals surface area (Å²) in [5.74, 6) is 1.70. The molecule has 5 nitrogen and oxygen atoms in total. The highest BCUT2D eigenvalue weighted by molar-refractivity contribution is 5.59. The fraction of sp³-hybridized carbons (Fsp3) is 0.333. The molecular weight excluding hydrogens is 250 g/mol. The summed E-state index contributed by atoms with van der Waals surface area (Å²) < 4.78 is 0. The first kappa shape index (κ1) is 14.1. The summed E-state index contributed by atoms with van der Waals surface area (Å²) in [6, 6.07) is 10.2. The highest BCUT2D eigenvalue weighted by Gasteiger charge is 2.05. The average Bonchev–Trinajstić information content (AvgIpc) is 2.48. The molecule has 0 spiro atoms. The molecule has 20 heavy (non-hydrogen) atoms. The summed E-state index contributed by atoms with van der Waals surface area (Å²) in [7, 11) is 3.93. The Kier molecular flexibility index (Phi) is 5.17. The lowest BCUT2D eigenvalue weighted by Gasteiger charge is -2.15. The van der Waals surface area contributed by atoms with Crippen molar-refractivity contribution in [2.24, 2.45) is 0 Å². The number of nitrogens with one attached hydrogen (secondary N) is 2. The number of para-hydroxylation sites is 1. The van der Waals surface area contributed by atoms with Gasteiger partial charge in [0.15, 0.2) is 11.6 Å². The minimum Gasteiger partial charge on any atom is -0.385 e. The van der Waals surface area contributed by atoms with Crippen molar-refractivity contribution in [3.63, 3.8) is 0 Å². The zero-order valence-corrected chi connectivity index (χ0v) is 12.0. The van der Waals surface area contributed by atoms with Gasteiger partial charge < -0.3 is 15.5 Å². The molecule has 0 atom stereocenters. The van der Waals surface area contributed by atoms with E-state index in [2.05, 4.69) is 32.7 Å². The SMILES string of the molecule is CN(C)c1nccnc1NCCCNc1ccccc1. The van der Waals surface area contributed by atoms with E-state index in [0.717, 1.165) is 36.8 Å². The summed E-state index contributed by atoms with van der Waals surface area (Å²) in [5.41, 5.74) is 1.15. The molecule has 0 aliphatic carbocycles. The van der Waals surface area contributed by atoms with Crippen molar-refractivity contribution in [3.8, 4) is 0 Å². The van der Waals surface area contributed by atoms with E-state index in [4.69, 9.17) is 0 Å². The summed E-state index contributed by atoms with van der Waals surface area (Å²) in [4.78, 5) is 10.6. The molecule has 0 saturated heterocycles. The first-order chi connectivity index (χ1) is 9.77. The van der Waals surface area contributed by atoms with E-state index in [1.165, 1.54) is 0 Å². The van der Waals surface area contributed by atoms with Crippen LogP contribution in [0.4, 0.5) is 17.3 Å². The zero-order chi connectivity index (χ0) is 14.2. The second-order valence-electron chi connectivity index (χ2n) is 4.70. The van der Waals surface area contributed by atoms with Crippen LogP contribution in [0.1, 0.15) is 6.42 Å². The summed E-state index contributed by atoms with van der Waals surface area (Å²) in [5, 5.41) is 6.71. The smallest absolute Gasteiger partial charge is 0.171 e. The van der Waals surface area contributed by atoms with Crippen molar-refractivity contribution < 1.29 is 0 Å². The van der Waals surface area contributed by atoms with E-state index in [-0.39, 0.29) is 0 Å². The van der Waals surface area contributed by atoms with E-state index in [9.17, 15) is 0 Å². The lowest BCUT2D eigenvalue weighted by atomic mass is 10.3. The van der Waals surface area contributed by atoms with Crippen LogP contribution in [0, 0.1) is 0 Å². The van der Waals surface area contributed by atoms with Gasteiger partial charge in [-0.3, -0.25) is 0 Å². The molecule has 0 radical (unpaired) electrons. The van der Waals surface area contributed by atoms with Crippen molar-refractivity contribution in [2.75, 3.05) is 42.7 Å². The number of rotatable bonds is 7. The lowest BCUT2D eigenvalue weighted by Crippen LogP contribution is -2.16. The molecule has 0 fully saturated rings. The van der Waals surface area contributed by atoms with Gasteiger partial charge in [0.25, 0.3) is 0 Å². The van der Waals surface area contributed by atoms with Crippen LogP contribution >= 0.6 is 0 Å². The summed E-state index contributed by atoms with van der Waals surface area (Å²) in [6.45, 7) is 1.79. The number of nitrogens with zero attached hydrogens (tertiary/aromatic N) is 3. The molecule has 1 aromatic carbocycles. The largest absolute Gasteiger partial charge is 0.385 e. The van der Waals surface area contributed by atoms with E-state index < -0.39 is 0 Å². The molecule has 1 heterocycles. The van der Waals surface area contributed by atoms with Crippen LogP contribution in [0.2, 0.25) is 0 Å². The molecule has 2 rings (SSSR count). The Labute approximate surface area is 120 Å². The topological polar surface area (TPSA) is 53.1 Å². The third-order valence-corrected chi connectivity index (χ3v) is 2.85. The Hall–Kier alpha value is -2.30. The van der Waals surface area contributed by atoms with Gasteiger partial charge in [0.05, 0.1) is 0 Å². The molecule has 2 N–H and O–H groups in total. The van der Waals surface area contributed by atoms with Crippen molar-refractivity contribution in [3.05, 3.63) is 42.7 Å². The van der Waals surface area contributed by atoms with Crippen LogP contribution in [-0.4, -0.2) is 37.2 Å². The van der Waals surface area contributed by atoms with Gasteiger partial charge in [-0.05, 0) is 18.6 Å². The molecular formula is C15H21N5. The second kappa shape index (κ2) is 7.33. The Morgan fingerprint density at radius 1 is 0.950 bits per heavy atom. The number of hydrogen-bond acceptors (Lipinski definition) is 5. The third-order valence-electron chi connectivity index (χ3n) is 2.85. The van der Waals surface area contributed by atoms with Crippen LogP contribution < -0.4 is 15.5 Å². The van der Waals surface area contributed by atoms with Gasteiger partial charge in [-0.15, -0.1) is 0 Å². The number of hydrogen-bond donors (Lipinski definition) is 2. The van der Waals surface area contributed by atoms with E-state index >= 15 is 0 Å². The monoisotopic (exact) mass is 271 g/mol. The van der Waals surface area contributed by atoms with E-state index in [1.54, 1.807) is 12.4 Å². The molecule has 106 valence electrons. The number of aromatic nitrogens is 2. The molecule has 0 unspecified atom stereocenters. The van der Waals surface area contributed by atoms with Crippen LogP contribution in [0.25, 0.3) is 0 Å². The van der Waals surface area contributed by atoms with Crippen molar-refractivity contribution in [1.29, 1.82) is 0 Å². The molecule has 5 heteroatoms. The highest BCUT2D eigenvalue weighted by atomic mass is 15.2. The van der Waals surface area contributed by atoms with Crippen LogP contribution in [-0.2, 0) is 0 Å². The minimum atomic E-state index is 0.831. The maximum absolute atomic E-state index is 4.32. The number of benzene rings is 1.